The second-order valence-electron chi connectivity index (χ2n) is 4.37. The summed E-state index contributed by atoms with van der Waals surface area (Å²) < 4.78 is 0. The van der Waals surface area contributed by atoms with E-state index in [1.54, 1.807) is 11.3 Å². The molecule has 0 saturated heterocycles. The maximum atomic E-state index is 5.66. The van der Waals surface area contributed by atoms with Crippen molar-refractivity contribution in [1.29, 1.82) is 0 Å². The molecule has 1 aromatic heterocycles. The van der Waals surface area contributed by atoms with E-state index in [9.17, 15) is 0 Å². The molecule has 0 saturated carbocycles. The van der Waals surface area contributed by atoms with Crippen LogP contribution in [0.5, 0.6) is 0 Å². The van der Waals surface area contributed by atoms with Gasteiger partial charge in [-0.3, -0.25) is 0 Å². The maximum Gasteiger partial charge on any atom is 0.0299 e. The van der Waals surface area contributed by atoms with Crippen LogP contribution in [-0.2, 0) is 6.54 Å². The Hall–Kier alpha value is -0.380. The van der Waals surface area contributed by atoms with Crippen molar-refractivity contribution < 1.29 is 0 Å². The molecule has 1 rings (SSSR count). The van der Waals surface area contributed by atoms with Gasteiger partial charge in [-0.25, -0.2) is 0 Å². The topological polar surface area (TPSA) is 38.0 Å². The van der Waals surface area contributed by atoms with Crippen molar-refractivity contribution >= 4 is 11.3 Å². The first-order valence-corrected chi connectivity index (χ1v) is 5.95. The van der Waals surface area contributed by atoms with Gasteiger partial charge in [0.15, 0.2) is 0 Å². The van der Waals surface area contributed by atoms with Crippen LogP contribution in [0.25, 0.3) is 0 Å². The quantitative estimate of drug-likeness (QED) is 0.710. The molecule has 0 unspecified atom stereocenters. The fourth-order valence-electron chi connectivity index (χ4n) is 1.15. The number of hydrogen-bond donors (Lipinski definition) is 2. The molecule has 3 N–H and O–H groups in total. The van der Waals surface area contributed by atoms with Crippen molar-refractivity contribution in [3.63, 3.8) is 0 Å². The van der Waals surface area contributed by atoms with Gasteiger partial charge in [0, 0.05) is 11.4 Å². The van der Waals surface area contributed by atoms with Gasteiger partial charge in [0.2, 0.25) is 0 Å². The van der Waals surface area contributed by atoms with E-state index in [4.69, 9.17) is 5.73 Å². The zero-order chi connectivity index (χ0) is 10.4. The fourth-order valence-corrected chi connectivity index (χ4v) is 1.83. The summed E-state index contributed by atoms with van der Waals surface area (Å²) in [5.74, 6) is 0. The first kappa shape index (κ1) is 11.7. The minimum Gasteiger partial charge on any atom is -0.330 e. The molecule has 0 radical (unpaired) electrons. The van der Waals surface area contributed by atoms with Crippen molar-refractivity contribution in [2.24, 2.45) is 11.1 Å². The van der Waals surface area contributed by atoms with Gasteiger partial charge in [-0.15, -0.1) is 11.3 Å². The van der Waals surface area contributed by atoms with Gasteiger partial charge in [0.05, 0.1) is 0 Å². The highest BCUT2D eigenvalue weighted by atomic mass is 32.1. The standard InChI is InChI=1S/C11H20N2S/c1-11(2,9-12)5-6-13-8-10-4-3-7-14-10/h3-4,7,13H,5-6,8-9,12H2,1-2H3. The summed E-state index contributed by atoms with van der Waals surface area (Å²) in [6.45, 7) is 7.20. The van der Waals surface area contributed by atoms with Crippen LogP contribution in [0.4, 0.5) is 0 Å². The van der Waals surface area contributed by atoms with Crippen LogP contribution < -0.4 is 11.1 Å². The van der Waals surface area contributed by atoms with Gasteiger partial charge in [-0.05, 0) is 36.4 Å². The molecule has 0 aromatic carbocycles. The molecular formula is C11H20N2S. The number of nitrogens with two attached hydrogens (primary N) is 1. The Labute approximate surface area is 90.5 Å². The van der Waals surface area contributed by atoms with Crippen LogP contribution in [0.2, 0.25) is 0 Å². The first-order chi connectivity index (χ1) is 6.64. The van der Waals surface area contributed by atoms with E-state index >= 15 is 0 Å². The molecule has 0 atom stereocenters. The Bertz CT molecular complexity index is 242. The molecule has 0 amide bonds. The first-order valence-electron chi connectivity index (χ1n) is 5.07. The normalized spacial score (nSPS) is 11.9. The number of thiophene rings is 1. The molecule has 0 aliphatic carbocycles. The molecule has 0 aliphatic rings. The lowest BCUT2D eigenvalue weighted by Gasteiger charge is -2.22. The highest BCUT2D eigenvalue weighted by Gasteiger charge is 2.14. The Morgan fingerprint density at radius 3 is 2.86 bits per heavy atom. The van der Waals surface area contributed by atoms with E-state index in [2.05, 4.69) is 36.7 Å². The molecule has 0 bridgehead atoms. The number of rotatable bonds is 6. The van der Waals surface area contributed by atoms with E-state index in [0.29, 0.717) is 0 Å². The SMILES string of the molecule is CC(C)(CN)CCNCc1cccs1. The highest BCUT2D eigenvalue weighted by molar-refractivity contribution is 7.09. The van der Waals surface area contributed by atoms with E-state index in [-0.39, 0.29) is 5.41 Å². The summed E-state index contributed by atoms with van der Waals surface area (Å²) in [6, 6.07) is 4.25. The van der Waals surface area contributed by atoms with Crippen LogP contribution in [-0.4, -0.2) is 13.1 Å². The molecule has 80 valence electrons. The zero-order valence-electron chi connectivity index (χ0n) is 9.05. The Kier molecular flexibility index (Phi) is 4.58. The molecular weight excluding hydrogens is 192 g/mol. The lowest BCUT2D eigenvalue weighted by molar-refractivity contribution is 0.339. The average Bonchev–Trinajstić information content (AvgIpc) is 2.65. The van der Waals surface area contributed by atoms with Crippen LogP contribution >= 0.6 is 11.3 Å². The smallest absolute Gasteiger partial charge is 0.0299 e. The van der Waals surface area contributed by atoms with Crippen LogP contribution in [0.3, 0.4) is 0 Å². The molecule has 3 heteroatoms. The van der Waals surface area contributed by atoms with Crippen LogP contribution in [0.1, 0.15) is 25.1 Å². The Balaban J connectivity index is 2.11. The van der Waals surface area contributed by atoms with Gasteiger partial charge >= 0.3 is 0 Å². The fraction of sp³-hybridized carbons (Fsp3) is 0.636. The predicted octanol–water partition coefficient (Wildman–Crippen LogP) is 2.21. The average molecular weight is 212 g/mol. The predicted molar refractivity (Wildman–Crippen MR) is 63.5 cm³/mol. The lowest BCUT2D eigenvalue weighted by Crippen LogP contribution is -2.28. The van der Waals surface area contributed by atoms with E-state index in [0.717, 1.165) is 26.1 Å². The van der Waals surface area contributed by atoms with E-state index in [1.165, 1.54) is 4.88 Å². The van der Waals surface area contributed by atoms with Crippen molar-refractivity contribution in [3.8, 4) is 0 Å². The minimum atomic E-state index is 0.266. The molecule has 0 aliphatic heterocycles. The number of hydrogen-bond acceptors (Lipinski definition) is 3. The Morgan fingerprint density at radius 2 is 2.29 bits per heavy atom. The van der Waals surface area contributed by atoms with Gasteiger partial charge in [0.1, 0.15) is 0 Å². The molecule has 2 nitrogen and oxygen atoms in total. The van der Waals surface area contributed by atoms with Crippen molar-refractivity contribution in [2.45, 2.75) is 26.8 Å². The monoisotopic (exact) mass is 212 g/mol. The second kappa shape index (κ2) is 5.49. The summed E-state index contributed by atoms with van der Waals surface area (Å²) in [7, 11) is 0. The van der Waals surface area contributed by atoms with E-state index in [1.807, 2.05) is 0 Å². The van der Waals surface area contributed by atoms with Crippen LogP contribution in [0, 0.1) is 5.41 Å². The third-order valence-electron chi connectivity index (χ3n) is 2.41. The molecule has 0 spiro atoms. The third-order valence-corrected chi connectivity index (χ3v) is 3.29. The highest BCUT2D eigenvalue weighted by Crippen LogP contribution is 2.17. The summed E-state index contributed by atoms with van der Waals surface area (Å²) in [4.78, 5) is 1.40. The molecule has 1 heterocycles. The van der Waals surface area contributed by atoms with Gasteiger partial charge in [0.25, 0.3) is 0 Å². The molecule has 0 fully saturated rings. The van der Waals surface area contributed by atoms with Crippen molar-refractivity contribution in [3.05, 3.63) is 22.4 Å². The summed E-state index contributed by atoms with van der Waals surface area (Å²) in [5, 5.41) is 5.55. The number of nitrogens with one attached hydrogen (secondary N) is 1. The van der Waals surface area contributed by atoms with Crippen molar-refractivity contribution in [2.75, 3.05) is 13.1 Å². The maximum absolute atomic E-state index is 5.66. The van der Waals surface area contributed by atoms with E-state index < -0.39 is 0 Å². The third kappa shape index (κ3) is 4.22. The molecule has 14 heavy (non-hydrogen) atoms. The summed E-state index contributed by atoms with van der Waals surface area (Å²) >= 11 is 1.80. The van der Waals surface area contributed by atoms with Gasteiger partial charge < -0.3 is 11.1 Å². The largest absolute Gasteiger partial charge is 0.330 e. The Morgan fingerprint density at radius 1 is 1.50 bits per heavy atom. The summed E-state index contributed by atoms with van der Waals surface area (Å²) in [5.41, 5.74) is 5.92. The van der Waals surface area contributed by atoms with Crippen LogP contribution in [0.15, 0.2) is 17.5 Å². The van der Waals surface area contributed by atoms with Crippen molar-refractivity contribution in [1.82, 2.24) is 5.32 Å². The minimum absolute atomic E-state index is 0.266. The summed E-state index contributed by atoms with van der Waals surface area (Å²) in [6.07, 6.45) is 1.13. The van der Waals surface area contributed by atoms with Gasteiger partial charge in [-0.1, -0.05) is 19.9 Å². The van der Waals surface area contributed by atoms with Gasteiger partial charge in [-0.2, -0.15) is 0 Å². The second-order valence-corrected chi connectivity index (χ2v) is 5.41. The zero-order valence-corrected chi connectivity index (χ0v) is 9.86. The lowest BCUT2D eigenvalue weighted by atomic mass is 9.90. The molecule has 1 aromatic rings.